The smallest absolute Gasteiger partial charge is 0.121 e. The van der Waals surface area contributed by atoms with Crippen molar-refractivity contribution in [3.05, 3.63) is 59.0 Å². The number of aliphatic hydroxyl groups is 2. The minimum atomic E-state index is -0.904. The molecule has 3 aromatic rings. The molecule has 2 aromatic heterocycles. The summed E-state index contributed by atoms with van der Waals surface area (Å²) in [5.74, 6) is 0. The molecule has 25 heavy (non-hydrogen) atoms. The topological polar surface area (TPSA) is 74.4 Å². The third kappa shape index (κ3) is 3.04. The van der Waals surface area contributed by atoms with E-state index in [0.29, 0.717) is 5.69 Å². The van der Waals surface area contributed by atoms with E-state index in [2.05, 4.69) is 40.1 Å². The molecule has 0 fully saturated rings. The molecule has 1 aromatic carbocycles. The fraction of sp³-hybridized carbons (Fsp3) is 0.368. The first-order chi connectivity index (χ1) is 12.2. The van der Waals surface area contributed by atoms with Crippen LogP contribution in [0.15, 0.2) is 36.5 Å². The number of aliphatic hydroxyl groups excluding tert-OH is 2. The largest absolute Gasteiger partial charge is 0.393 e. The highest BCUT2D eigenvalue weighted by molar-refractivity contribution is 5.84. The second-order valence-electron chi connectivity index (χ2n) is 6.63. The molecule has 0 saturated heterocycles. The second kappa shape index (κ2) is 6.55. The Morgan fingerprint density at radius 1 is 1.24 bits per heavy atom. The van der Waals surface area contributed by atoms with E-state index in [4.69, 9.17) is 5.11 Å². The lowest BCUT2D eigenvalue weighted by molar-refractivity contribution is 0.0915. The summed E-state index contributed by atoms with van der Waals surface area (Å²) in [6, 6.07) is 10.3. The maximum Gasteiger partial charge on any atom is 0.121 e. The van der Waals surface area contributed by atoms with Crippen LogP contribution in [0.2, 0.25) is 0 Å². The fourth-order valence-electron chi connectivity index (χ4n) is 3.49. The van der Waals surface area contributed by atoms with Gasteiger partial charge in [-0.15, -0.1) is 0 Å². The third-order valence-electron chi connectivity index (χ3n) is 4.87. The van der Waals surface area contributed by atoms with Gasteiger partial charge in [0.15, 0.2) is 0 Å². The summed E-state index contributed by atoms with van der Waals surface area (Å²) in [5, 5.41) is 24.5. The van der Waals surface area contributed by atoms with E-state index in [1.165, 1.54) is 16.5 Å². The molecule has 1 atom stereocenters. The van der Waals surface area contributed by atoms with Crippen molar-refractivity contribution in [2.75, 3.05) is 13.2 Å². The van der Waals surface area contributed by atoms with Gasteiger partial charge in [-0.2, -0.15) is 5.10 Å². The normalized spacial score (nSPS) is 16.1. The average molecular weight is 338 g/mol. The number of nitrogens with zero attached hydrogens (tertiary/aromatic N) is 4. The van der Waals surface area contributed by atoms with Crippen LogP contribution >= 0.6 is 0 Å². The second-order valence-corrected chi connectivity index (χ2v) is 6.63. The van der Waals surface area contributed by atoms with Gasteiger partial charge in [-0.05, 0) is 30.2 Å². The number of fused-ring (bicyclic) bond motifs is 2. The van der Waals surface area contributed by atoms with Gasteiger partial charge in [0.2, 0.25) is 0 Å². The summed E-state index contributed by atoms with van der Waals surface area (Å²) >= 11 is 0. The van der Waals surface area contributed by atoms with E-state index in [0.717, 1.165) is 37.4 Å². The molecule has 6 nitrogen and oxygen atoms in total. The van der Waals surface area contributed by atoms with Gasteiger partial charge in [-0.3, -0.25) is 14.6 Å². The Bertz CT molecular complexity index is 906. The van der Waals surface area contributed by atoms with Crippen LogP contribution in [-0.4, -0.2) is 43.0 Å². The third-order valence-corrected chi connectivity index (χ3v) is 4.87. The lowest BCUT2D eigenvalue weighted by atomic mass is 10.0. The minimum absolute atomic E-state index is 0.303. The number of aromatic nitrogens is 3. The van der Waals surface area contributed by atoms with Crippen molar-refractivity contribution >= 4 is 10.9 Å². The predicted octanol–water partition coefficient (Wildman–Crippen LogP) is 1.78. The van der Waals surface area contributed by atoms with Crippen molar-refractivity contribution in [2.24, 2.45) is 0 Å². The standard InChI is InChI=1S/C19H22N4O2/c1-13-4-5-14(16-3-2-6-20-19(13)16)10-22-7-8-23-15(11-22)9-17(21-23)18(25)12-24/h2-6,9,18,24-25H,7-8,10-12H2,1H3/t18-/m1/s1. The van der Waals surface area contributed by atoms with Crippen molar-refractivity contribution in [3.63, 3.8) is 0 Å². The van der Waals surface area contributed by atoms with Crippen molar-refractivity contribution in [3.8, 4) is 0 Å². The Hall–Kier alpha value is -2.28. The van der Waals surface area contributed by atoms with Crippen LogP contribution in [0.4, 0.5) is 0 Å². The molecule has 0 spiro atoms. The zero-order valence-electron chi connectivity index (χ0n) is 14.3. The molecule has 1 aliphatic rings. The summed E-state index contributed by atoms with van der Waals surface area (Å²) in [7, 11) is 0. The number of pyridine rings is 1. The van der Waals surface area contributed by atoms with Crippen LogP contribution < -0.4 is 0 Å². The van der Waals surface area contributed by atoms with Crippen molar-refractivity contribution in [1.29, 1.82) is 0 Å². The highest BCUT2D eigenvalue weighted by Gasteiger charge is 2.21. The molecule has 130 valence electrons. The van der Waals surface area contributed by atoms with E-state index in [1.807, 2.05) is 23.0 Å². The molecule has 0 saturated carbocycles. The molecular formula is C19H22N4O2. The molecule has 0 amide bonds. The summed E-state index contributed by atoms with van der Waals surface area (Å²) in [6.07, 6.45) is 0.936. The van der Waals surface area contributed by atoms with Gasteiger partial charge in [0.1, 0.15) is 6.10 Å². The van der Waals surface area contributed by atoms with Crippen LogP contribution in [0.1, 0.15) is 28.6 Å². The van der Waals surface area contributed by atoms with Gasteiger partial charge in [0, 0.05) is 31.2 Å². The van der Waals surface area contributed by atoms with Crippen molar-refractivity contribution in [2.45, 2.75) is 32.7 Å². The molecule has 2 N–H and O–H groups in total. The van der Waals surface area contributed by atoms with Gasteiger partial charge in [-0.1, -0.05) is 18.2 Å². The van der Waals surface area contributed by atoms with Crippen LogP contribution in [0.3, 0.4) is 0 Å². The maximum absolute atomic E-state index is 9.78. The van der Waals surface area contributed by atoms with Crippen molar-refractivity contribution < 1.29 is 10.2 Å². The summed E-state index contributed by atoms with van der Waals surface area (Å²) < 4.78 is 1.93. The van der Waals surface area contributed by atoms with Crippen LogP contribution in [0, 0.1) is 6.92 Å². The van der Waals surface area contributed by atoms with E-state index in [-0.39, 0.29) is 6.61 Å². The lowest BCUT2D eigenvalue weighted by Gasteiger charge is -2.28. The number of benzene rings is 1. The number of aryl methyl sites for hydroxylation is 1. The molecule has 0 unspecified atom stereocenters. The van der Waals surface area contributed by atoms with E-state index < -0.39 is 6.10 Å². The monoisotopic (exact) mass is 338 g/mol. The quantitative estimate of drug-likeness (QED) is 0.758. The molecule has 0 bridgehead atoms. The average Bonchev–Trinajstić information content (AvgIpc) is 3.07. The van der Waals surface area contributed by atoms with Crippen LogP contribution in [0.25, 0.3) is 10.9 Å². The zero-order valence-corrected chi connectivity index (χ0v) is 14.3. The molecule has 1 aliphatic heterocycles. The predicted molar refractivity (Wildman–Crippen MR) is 94.9 cm³/mol. The minimum Gasteiger partial charge on any atom is -0.393 e. The Morgan fingerprint density at radius 2 is 2.12 bits per heavy atom. The Balaban J connectivity index is 1.57. The summed E-state index contributed by atoms with van der Waals surface area (Å²) in [4.78, 5) is 6.90. The van der Waals surface area contributed by atoms with E-state index in [9.17, 15) is 5.11 Å². The first-order valence-electron chi connectivity index (χ1n) is 8.57. The van der Waals surface area contributed by atoms with Crippen LogP contribution in [0.5, 0.6) is 0 Å². The lowest BCUT2D eigenvalue weighted by Crippen LogP contribution is -2.33. The molecule has 4 rings (SSSR count). The first kappa shape index (κ1) is 16.2. The van der Waals surface area contributed by atoms with Gasteiger partial charge < -0.3 is 10.2 Å². The number of rotatable bonds is 4. The number of hydrogen-bond donors (Lipinski definition) is 2. The molecule has 0 radical (unpaired) electrons. The first-order valence-corrected chi connectivity index (χ1v) is 8.57. The summed E-state index contributed by atoms with van der Waals surface area (Å²) in [6.45, 7) is 5.11. The van der Waals surface area contributed by atoms with Gasteiger partial charge in [0.25, 0.3) is 0 Å². The van der Waals surface area contributed by atoms with Gasteiger partial charge in [0.05, 0.1) is 30.1 Å². The molecule has 6 heteroatoms. The highest BCUT2D eigenvalue weighted by atomic mass is 16.3. The SMILES string of the molecule is Cc1ccc(CN2CCn3nc([C@H](O)CO)cc3C2)c2cccnc12. The van der Waals surface area contributed by atoms with E-state index in [1.54, 1.807) is 0 Å². The van der Waals surface area contributed by atoms with Crippen molar-refractivity contribution in [1.82, 2.24) is 19.7 Å². The fourth-order valence-corrected chi connectivity index (χ4v) is 3.49. The Kier molecular flexibility index (Phi) is 4.25. The molecular weight excluding hydrogens is 316 g/mol. The van der Waals surface area contributed by atoms with Crippen LogP contribution in [-0.2, 0) is 19.6 Å². The molecule has 0 aliphatic carbocycles. The van der Waals surface area contributed by atoms with Gasteiger partial charge in [-0.25, -0.2) is 0 Å². The Morgan fingerprint density at radius 3 is 2.96 bits per heavy atom. The van der Waals surface area contributed by atoms with Gasteiger partial charge >= 0.3 is 0 Å². The van der Waals surface area contributed by atoms with E-state index >= 15 is 0 Å². The zero-order chi connectivity index (χ0) is 17.4. The molecule has 3 heterocycles. The Labute approximate surface area is 146 Å². The summed E-state index contributed by atoms with van der Waals surface area (Å²) in [5.41, 5.74) is 5.15. The number of hydrogen-bond acceptors (Lipinski definition) is 5. The highest BCUT2D eigenvalue weighted by Crippen LogP contribution is 2.24. The maximum atomic E-state index is 9.78.